The second-order valence-electron chi connectivity index (χ2n) is 7.53. The lowest BCUT2D eigenvalue weighted by Gasteiger charge is -2.32. The second kappa shape index (κ2) is 8.22. The third kappa shape index (κ3) is 4.50. The molecular formula is C20H23F3N6O2. The lowest BCUT2D eigenvalue weighted by Crippen LogP contribution is -2.42. The van der Waals surface area contributed by atoms with Gasteiger partial charge in [0.2, 0.25) is 0 Å². The Morgan fingerprint density at radius 3 is 2.81 bits per heavy atom. The number of aromatic nitrogens is 4. The van der Waals surface area contributed by atoms with Gasteiger partial charge in [-0.05, 0) is 38.1 Å². The quantitative estimate of drug-likeness (QED) is 0.633. The number of benzene rings is 1. The van der Waals surface area contributed by atoms with Crippen LogP contribution in [0.25, 0.3) is 22.2 Å². The SMILES string of the molecule is CCN1CCC[C@@H](Nc2nnc(-c3ccc(OC(F)(F)F)cc3O)c3c2cnn3C)C1. The second-order valence-corrected chi connectivity index (χ2v) is 7.53. The standard InChI is InChI=1S/C20H23F3N6O2/c1-3-29-8-4-5-12(11-29)25-19-15-10-24-28(2)18(15)17(26-27-19)14-7-6-13(9-16(14)30)31-20(21,22)23/h6-7,9-10,12,30H,3-5,8,11H2,1-2H3,(H,25,27)/t12-/m1/s1. The number of phenols is 1. The van der Waals surface area contributed by atoms with E-state index in [1.807, 2.05) is 0 Å². The maximum atomic E-state index is 12.5. The van der Waals surface area contributed by atoms with Gasteiger partial charge in [0.1, 0.15) is 17.2 Å². The first-order valence-electron chi connectivity index (χ1n) is 10.0. The minimum absolute atomic E-state index is 0.226. The number of alkyl halides is 3. The summed E-state index contributed by atoms with van der Waals surface area (Å²) in [4.78, 5) is 2.37. The van der Waals surface area contributed by atoms with E-state index >= 15 is 0 Å². The molecule has 1 aliphatic rings. The zero-order valence-electron chi connectivity index (χ0n) is 17.1. The Morgan fingerprint density at radius 1 is 1.29 bits per heavy atom. The van der Waals surface area contributed by atoms with Crippen LogP contribution in [0.4, 0.5) is 19.0 Å². The smallest absolute Gasteiger partial charge is 0.507 e. The number of phenolic OH excluding ortho intramolecular Hbond substituents is 1. The van der Waals surface area contributed by atoms with Crippen LogP contribution in [0.1, 0.15) is 19.8 Å². The van der Waals surface area contributed by atoms with E-state index in [4.69, 9.17) is 0 Å². The fourth-order valence-electron chi connectivity index (χ4n) is 3.94. The van der Waals surface area contributed by atoms with Crippen molar-refractivity contribution in [3.05, 3.63) is 24.4 Å². The van der Waals surface area contributed by atoms with Crippen molar-refractivity contribution in [3.8, 4) is 22.8 Å². The first-order chi connectivity index (χ1) is 14.7. The van der Waals surface area contributed by atoms with Crippen LogP contribution in [0, 0.1) is 0 Å². The van der Waals surface area contributed by atoms with Crippen molar-refractivity contribution < 1.29 is 23.0 Å². The number of hydrogen-bond donors (Lipinski definition) is 2. The summed E-state index contributed by atoms with van der Waals surface area (Å²) in [5, 5.41) is 27.4. The summed E-state index contributed by atoms with van der Waals surface area (Å²) in [5.74, 6) is -0.324. The van der Waals surface area contributed by atoms with Crippen LogP contribution in [-0.2, 0) is 7.05 Å². The minimum Gasteiger partial charge on any atom is -0.507 e. The topological polar surface area (TPSA) is 88.3 Å². The molecule has 0 unspecified atom stereocenters. The number of hydrogen-bond acceptors (Lipinski definition) is 7. The van der Waals surface area contributed by atoms with E-state index in [-0.39, 0.29) is 11.6 Å². The summed E-state index contributed by atoms with van der Waals surface area (Å²) in [6.07, 6.45) is -1.08. The number of likely N-dealkylation sites (N-methyl/N-ethyl adjacent to an activating group) is 1. The molecule has 8 nitrogen and oxygen atoms in total. The third-order valence-electron chi connectivity index (χ3n) is 5.42. The van der Waals surface area contributed by atoms with E-state index in [0.29, 0.717) is 17.0 Å². The van der Waals surface area contributed by atoms with Gasteiger partial charge in [-0.2, -0.15) is 5.10 Å². The molecule has 0 aliphatic carbocycles. The number of nitrogens with zero attached hydrogens (tertiary/aromatic N) is 5. The summed E-state index contributed by atoms with van der Waals surface area (Å²) in [7, 11) is 1.73. The number of rotatable bonds is 5. The summed E-state index contributed by atoms with van der Waals surface area (Å²) >= 11 is 0. The number of anilines is 1. The van der Waals surface area contributed by atoms with Crippen molar-refractivity contribution >= 4 is 16.7 Å². The monoisotopic (exact) mass is 436 g/mol. The van der Waals surface area contributed by atoms with Gasteiger partial charge in [-0.25, -0.2) is 0 Å². The molecule has 0 radical (unpaired) electrons. The highest BCUT2D eigenvalue weighted by Gasteiger charge is 2.31. The van der Waals surface area contributed by atoms with Gasteiger partial charge in [-0.15, -0.1) is 23.4 Å². The lowest BCUT2D eigenvalue weighted by molar-refractivity contribution is -0.274. The van der Waals surface area contributed by atoms with Crippen molar-refractivity contribution in [1.29, 1.82) is 0 Å². The van der Waals surface area contributed by atoms with E-state index in [2.05, 4.69) is 37.2 Å². The van der Waals surface area contributed by atoms with Crippen LogP contribution < -0.4 is 10.1 Å². The highest BCUT2D eigenvalue weighted by atomic mass is 19.4. The Bertz CT molecular complexity index is 1080. The minimum atomic E-state index is -4.84. The Hall–Kier alpha value is -3.08. The van der Waals surface area contributed by atoms with Crippen LogP contribution in [-0.4, -0.2) is 62.0 Å². The van der Waals surface area contributed by atoms with Gasteiger partial charge >= 0.3 is 6.36 Å². The molecule has 1 atom stereocenters. The molecule has 0 amide bonds. The van der Waals surface area contributed by atoms with Crippen LogP contribution in [0.5, 0.6) is 11.5 Å². The predicted octanol–water partition coefficient (Wildman–Crippen LogP) is 3.53. The van der Waals surface area contributed by atoms with Crippen LogP contribution in [0.3, 0.4) is 0 Å². The molecule has 2 aromatic heterocycles. The van der Waals surface area contributed by atoms with Crippen molar-refractivity contribution in [2.24, 2.45) is 7.05 Å². The van der Waals surface area contributed by atoms with Crippen LogP contribution >= 0.6 is 0 Å². The third-order valence-corrected chi connectivity index (χ3v) is 5.42. The van der Waals surface area contributed by atoms with E-state index in [1.54, 1.807) is 17.9 Å². The van der Waals surface area contributed by atoms with Crippen molar-refractivity contribution in [1.82, 2.24) is 24.9 Å². The number of aromatic hydroxyl groups is 1. The van der Waals surface area contributed by atoms with Crippen molar-refractivity contribution in [3.63, 3.8) is 0 Å². The fraction of sp³-hybridized carbons (Fsp3) is 0.450. The number of fused-ring (bicyclic) bond motifs is 1. The fourth-order valence-corrected chi connectivity index (χ4v) is 3.94. The summed E-state index contributed by atoms with van der Waals surface area (Å²) < 4.78 is 42.8. The zero-order valence-corrected chi connectivity index (χ0v) is 17.1. The molecule has 31 heavy (non-hydrogen) atoms. The molecule has 1 saturated heterocycles. The largest absolute Gasteiger partial charge is 0.573 e. The van der Waals surface area contributed by atoms with Gasteiger partial charge in [-0.1, -0.05) is 6.92 Å². The van der Waals surface area contributed by atoms with Crippen molar-refractivity contribution in [2.45, 2.75) is 32.2 Å². The normalized spacial score (nSPS) is 17.8. The van der Waals surface area contributed by atoms with Crippen LogP contribution in [0.15, 0.2) is 24.4 Å². The maximum absolute atomic E-state index is 12.5. The first kappa shape index (κ1) is 21.2. The molecule has 0 saturated carbocycles. The van der Waals surface area contributed by atoms with E-state index in [0.717, 1.165) is 50.0 Å². The molecule has 3 heterocycles. The predicted molar refractivity (Wildman–Crippen MR) is 109 cm³/mol. The molecule has 166 valence electrons. The number of halogens is 3. The van der Waals surface area contributed by atoms with Gasteiger partial charge in [0, 0.05) is 31.3 Å². The Morgan fingerprint density at radius 2 is 2.10 bits per heavy atom. The average Bonchev–Trinajstić information content (AvgIpc) is 3.10. The Kier molecular flexibility index (Phi) is 5.61. The summed E-state index contributed by atoms with van der Waals surface area (Å²) in [6, 6.07) is 3.57. The number of ether oxygens (including phenoxy) is 1. The first-order valence-corrected chi connectivity index (χ1v) is 10.0. The molecule has 1 aliphatic heterocycles. The van der Waals surface area contributed by atoms with Crippen molar-refractivity contribution in [2.75, 3.05) is 25.0 Å². The number of piperidine rings is 1. The molecule has 2 N–H and O–H groups in total. The number of aryl methyl sites for hydroxylation is 1. The lowest BCUT2D eigenvalue weighted by atomic mass is 10.1. The van der Waals surface area contributed by atoms with Gasteiger partial charge in [0.05, 0.1) is 17.1 Å². The highest BCUT2D eigenvalue weighted by Crippen LogP contribution is 2.37. The van der Waals surface area contributed by atoms with Gasteiger partial charge in [0.15, 0.2) is 5.82 Å². The summed E-state index contributed by atoms with van der Waals surface area (Å²) in [6.45, 7) is 5.10. The van der Waals surface area contributed by atoms with E-state index in [9.17, 15) is 18.3 Å². The number of nitrogens with one attached hydrogen (secondary N) is 1. The Balaban J connectivity index is 1.68. The molecule has 0 spiro atoms. The highest BCUT2D eigenvalue weighted by molar-refractivity contribution is 5.98. The van der Waals surface area contributed by atoms with Gasteiger partial charge < -0.3 is 20.1 Å². The van der Waals surface area contributed by atoms with Gasteiger partial charge in [-0.3, -0.25) is 4.68 Å². The molecule has 4 rings (SSSR count). The molecular weight excluding hydrogens is 413 g/mol. The maximum Gasteiger partial charge on any atom is 0.573 e. The molecule has 3 aromatic rings. The molecule has 11 heteroatoms. The van der Waals surface area contributed by atoms with E-state index < -0.39 is 17.9 Å². The average molecular weight is 436 g/mol. The molecule has 1 fully saturated rings. The molecule has 1 aromatic carbocycles. The van der Waals surface area contributed by atoms with E-state index in [1.165, 1.54) is 6.07 Å². The number of likely N-dealkylation sites (tertiary alicyclic amines) is 1. The molecule has 0 bridgehead atoms. The van der Waals surface area contributed by atoms with Crippen LogP contribution in [0.2, 0.25) is 0 Å². The van der Waals surface area contributed by atoms with Gasteiger partial charge in [0.25, 0.3) is 0 Å². The Labute approximate surface area is 176 Å². The zero-order chi connectivity index (χ0) is 22.2. The summed E-state index contributed by atoms with van der Waals surface area (Å²) in [5.41, 5.74) is 1.16.